The first-order valence-corrected chi connectivity index (χ1v) is 5.77. The van der Waals surface area contributed by atoms with E-state index in [1.54, 1.807) is 12.3 Å². The van der Waals surface area contributed by atoms with Crippen LogP contribution in [0.1, 0.15) is 18.5 Å². The van der Waals surface area contributed by atoms with Crippen molar-refractivity contribution in [3.05, 3.63) is 23.0 Å². The molecule has 1 aromatic rings. The van der Waals surface area contributed by atoms with Crippen LogP contribution in [0, 0.1) is 6.92 Å². The quantitative estimate of drug-likeness (QED) is 0.788. The van der Waals surface area contributed by atoms with Crippen molar-refractivity contribution in [1.29, 1.82) is 0 Å². The van der Waals surface area contributed by atoms with Gasteiger partial charge in [0.2, 0.25) is 0 Å². The number of rotatable bonds is 2. The summed E-state index contributed by atoms with van der Waals surface area (Å²) in [7, 11) is 0. The molecule has 1 aliphatic heterocycles. The Hall–Kier alpha value is -1.62. The van der Waals surface area contributed by atoms with E-state index in [-0.39, 0.29) is 5.91 Å². The normalized spacial score (nSPS) is 18.0. The Kier molecular flexibility index (Phi) is 3.58. The number of nitrogens with zero attached hydrogens (tertiary/aromatic N) is 2. The van der Waals surface area contributed by atoms with Crippen LogP contribution in [0.3, 0.4) is 0 Å². The number of aryl methyl sites for hydroxylation is 1. The molecule has 2 rings (SSSR count). The van der Waals surface area contributed by atoms with Crippen LogP contribution in [0.5, 0.6) is 0 Å². The Morgan fingerprint density at radius 3 is 3.12 bits per heavy atom. The number of piperidine rings is 1. The molecule has 0 spiro atoms. The number of halogens is 1. The largest absolute Gasteiger partial charge is 0.351 e. The van der Waals surface area contributed by atoms with Gasteiger partial charge in [0.15, 0.2) is 0 Å². The molecule has 0 aliphatic carbocycles. The Morgan fingerprint density at radius 1 is 1.59 bits per heavy atom. The molecule has 0 radical (unpaired) electrons. The van der Waals surface area contributed by atoms with Crippen LogP contribution in [-0.4, -0.2) is 23.1 Å². The van der Waals surface area contributed by atoms with Crippen molar-refractivity contribution >= 4 is 28.9 Å². The molecule has 0 unspecified atom stereocenters. The first-order chi connectivity index (χ1) is 8.16. The standard InChI is InChI=1S/C11H13ClN4O/c1-7-9(12)5-8(6-14-7)15-16-10-3-2-4-13-11(10)17/h5-6,15H,2-4H2,1H3,(H,13,17). The van der Waals surface area contributed by atoms with E-state index in [1.807, 2.05) is 6.92 Å². The first-order valence-electron chi connectivity index (χ1n) is 5.40. The second kappa shape index (κ2) is 5.14. The monoisotopic (exact) mass is 252 g/mol. The van der Waals surface area contributed by atoms with E-state index in [9.17, 15) is 4.79 Å². The number of aromatic nitrogens is 1. The SMILES string of the molecule is Cc1ncc(NN=C2CCCNC2=O)cc1Cl. The smallest absolute Gasteiger partial charge is 0.267 e. The van der Waals surface area contributed by atoms with E-state index >= 15 is 0 Å². The van der Waals surface area contributed by atoms with Gasteiger partial charge in [0.25, 0.3) is 5.91 Å². The van der Waals surface area contributed by atoms with Crippen molar-refractivity contribution in [3.63, 3.8) is 0 Å². The summed E-state index contributed by atoms with van der Waals surface area (Å²) in [4.78, 5) is 15.5. The molecule has 90 valence electrons. The minimum atomic E-state index is -0.116. The van der Waals surface area contributed by atoms with E-state index < -0.39 is 0 Å². The number of hydrogen-bond acceptors (Lipinski definition) is 4. The van der Waals surface area contributed by atoms with Crippen LogP contribution in [-0.2, 0) is 4.79 Å². The van der Waals surface area contributed by atoms with Crippen LogP contribution in [0.15, 0.2) is 17.4 Å². The van der Waals surface area contributed by atoms with Crippen LogP contribution < -0.4 is 10.7 Å². The molecule has 0 bridgehead atoms. The predicted molar refractivity (Wildman–Crippen MR) is 67.3 cm³/mol. The lowest BCUT2D eigenvalue weighted by Gasteiger charge is -2.13. The zero-order valence-electron chi connectivity index (χ0n) is 9.46. The van der Waals surface area contributed by atoms with Crippen molar-refractivity contribution in [2.45, 2.75) is 19.8 Å². The molecule has 2 N–H and O–H groups in total. The average Bonchev–Trinajstić information content (AvgIpc) is 2.32. The molecule has 6 heteroatoms. The van der Waals surface area contributed by atoms with E-state index in [2.05, 4.69) is 20.8 Å². The highest BCUT2D eigenvalue weighted by molar-refractivity contribution is 6.39. The summed E-state index contributed by atoms with van der Waals surface area (Å²) >= 11 is 5.93. The second-order valence-electron chi connectivity index (χ2n) is 3.82. The maximum Gasteiger partial charge on any atom is 0.267 e. The molecule has 0 aromatic carbocycles. The number of pyridine rings is 1. The molecular weight excluding hydrogens is 240 g/mol. The summed E-state index contributed by atoms with van der Waals surface area (Å²) in [6, 6.07) is 1.73. The average molecular weight is 253 g/mol. The zero-order chi connectivity index (χ0) is 12.3. The summed E-state index contributed by atoms with van der Waals surface area (Å²) in [5.74, 6) is -0.116. The van der Waals surface area contributed by atoms with Crippen LogP contribution in [0.4, 0.5) is 5.69 Å². The van der Waals surface area contributed by atoms with E-state index in [0.717, 1.165) is 18.7 Å². The fourth-order valence-corrected chi connectivity index (χ4v) is 1.65. The molecule has 1 amide bonds. The molecule has 1 fully saturated rings. The molecule has 5 nitrogen and oxygen atoms in total. The molecule has 1 aromatic heterocycles. The number of hydrazone groups is 1. The van der Waals surface area contributed by atoms with Crippen molar-refractivity contribution < 1.29 is 4.79 Å². The van der Waals surface area contributed by atoms with Gasteiger partial charge in [0.05, 0.1) is 22.6 Å². The molecule has 1 aliphatic rings. The van der Waals surface area contributed by atoms with Crippen molar-refractivity contribution in [2.24, 2.45) is 5.10 Å². The third-order valence-corrected chi connectivity index (χ3v) is 2.87. The fraction of sp³-hybridized carbons (Fsp3) is 0.364. The second-order valence-corrected chi connectivity index (χ2v) is 4.23. The number of carbonyl (C=O) groups excluding carboxylic acids is 1. The van der Waals surface area contributed by atoms with Gasteiger partial charge in [-0.1, -0.05) is 11.6 Å². The van der Waals surface area contributed by atoms with Crippen molar-refractivity contribution in [3.8, 4) is 0 Å². The van der Waals surface area contributed by atoms with Gasteiger partial charge in [-0.05, 0) is 25.8 Å². The Balaban J connectivity index is 2.08. The van der Waals surface area contributed by atoms with Gasteiger partial charge in [-0.2, -0.15) is 5.10 Å². The van der Waals surface area contributed by atoms with Crippen molar-refractivity contribution in [1.82, 2.24) is 10.3 Å². The minimum absolute atomic E-state index is 0.116. The highest BCUT2D eigenvalue weighted by Gasteiger charge is 2.15. The molecule has 0 atom stereocenters. The van der Waals surface area contributed by atoms with E-state index in [0.29, 0.717) is 22.8 Å². The van der Waals surface area contributed by atoms with E-state index in [1.165, 1.54) is 0 Å². The van der Waals surface area contributed by atoms with Gasteiger partial charge in [0.1, 0.15) is 5.71 Å². The first kappa shape index (κ1) is 11.9. The lowest BCUT2D eigenvalue weighted by molar-refractivity contribution is -0.115. The summed E-state index contributed by atoms with van der Waals surface area (Å²) < 4.78 is 0. The Bertz CT molecular complexity index is 473. The third-order valence-electron chi connectivity index (χ3n) is 2.48. The predicted octanol–water partition coefficient (Wildman–Crippen LogP) is 1.72. The highest BCUT2D eigenvalue weighted by Crippen LogP contribution is 2.17. The number of hydrogen-bond donors (Lipinski definition) is 2. The van der Waals surface area contributed by atoms with Gasteiger partial charge < -0.3 is 5.32 Å². The lowest BCUT2D eigenvalue weighted by atomic mass is 10.1. The lowest BCUT2D eigenvalue weighted by Crippen LogP contribution is -2.37. The number of nitrogens with one attached hydrogen (secondary N) is 2. The summed E-state index contributed by atoms with van der Waals surface area (Å²) in [6.07, 6.45) is 3.23. The summed E-state index contributed by atoms with van der Waals surface area (Å²) in [5, 5.41) is 7.37. The number of anilines is 1. The zero-order valence-corrected chi connectivity index (χ0v) is 10.2. The molecule has 1 saturated heterocycles. The topological polar surface area (TPSA) is 66.4 Å². The van der Waals surface area contributed by atoms with Gasteiger partial charge in [0, 0.05) is 6.54 Å². The Morgan fingerprint density at radius 2 is 2.41 bits per heavy atom. The Labute approximate surface area is 104 Å². The van der Waals surface area contributed by atoms with Gasteiger partial charge in [-0.15, -0.1) is 0 Å². The van der Waals surface area contributed by atoms with Gasteiger partial charge >= 0.3 is 0 Å². The van der Waals surface area contributed by atoms with Crippen molar-refractivity contribution in [2.75, 3.05) is 12.0 Å². The summed E-state index contributed by atoms with van der Waals surface area (Å²) in [5.41, 5.74) is 4.74. The summed E-state index contributed by atoms with van der Waals surface area (Å²) in [6.45, 7) is 2.54. The maximum atomic E-state index is 11.4. The molecule has 2 heterocycles. The fourth-order valence-electron chi connectivity index (χ4n) is 1.48. The van der Waals surface area contributed by atoms with Crippen LogP contribution in [0.2, 0.25) is 5.02 Å². The molecular formula is C11H13ClN4O. The van der Waals surface area contributed by atoms with Crippen LogP contribution in [0.25, 0.3) is 0 Å². The third kappa shape index (κ3) is 2.94. The number of amides is 1. The highest BCUT2D eigenvalue weighted by atomic mass is 35.5. The maximum absolute atomic E-state index is 11.4. The minimum Gasteiger partial charge on any atom is -0.351 e. The van der Waals surface area contributed by atoms with Crippen LogP contribution >= 0.6 is 11.6 Å². The molecule has 17 heavy (non-hydrogen) atoms. The van der Waals surface area contributed by atoms with Gasteiger partial charge in [-0.3, -0.25) is 15.2 Å². The van der Waals surface area contributed by atoms with E-state index in [4.69, 9.17) is 11.6 Å². The van der Waals surface area contributed by atoms with Gasteiger partial charge in [-0.25, -0.2) is 0 Å². The molecule has 0 saturated carbocycles. The number of carbonyl (C=O) groups is 1.